The fourth-order valence-corrected chi connectivity index (χ4v) is 6.07. The molecular formula is C22H16F3NO5S2. The minimum Gasteiger partial charge on any atom is -0.481 e. The summed E-state index contributed by atoms with van der Waals surface area (Å²) in [6, 6.07) is 14.9. The molecule has 0 saturated heterocycles. The lowest BCUT2D eigenvalue weighted by Gasteiger charge is -2.08. The highest BCUT2D eigenvalue weighted by molar-refractivity contribution is 7.92. The van der Waals surface area contributed by atoms with Gasteiger partial charge in [-0.3, -0.25) is 4.79 Å². The molecule has 1 N–H and O–H groups in total. The van der Waals surface area contributed by atoms with Gasteiger partial charge in [0.2, 0.25) is 0 Å². The van der Waals surface area contributed by atoms with Crippen molar-refractivity contribution < 1.29 is 36.2 Å². The molecule has 2 aromatic carbocycles. The summed E-state index contributed by atoms with van der Waals surface area (Å²) in [4.78, 5) is 11.3. The number of benzene rings is 2. The smallest absolute Gasteiger partial charge is 0.481 e. The Labute approximate surface area is 190 Å². The molecule has 0 radical (unpaired) electrons. The number of nitrogens with zero attached hydrogens (tertiary/aromatic N) is 1. The Morgan fingerprint density at radius 1 is 1.03 bits per heavy atom. The zero-order valence-corrected chi connectivity index (χ0v) is 18.4. The van der Waals surface area contributed by atoms with Crippen molar-refractivity contribution in [1.29, 1.82) is 0 Å². The maximum Gasteiger partial charge on any atom is 0.573 e. The Kier molecular flexibility index (Phi) is 5.93. The summed E-state index contributed by atoms with van der Waals surface area (Å²) in [6.07, 6.45) is -3.04. The summed E-state index contributed by atoms with van der Waals surface area (Å²) in [5.74, 6) is -1.27. The number of halogens is 3. The van der Waals surface area contributed by atoms with E-state index in [9.17, 15) is 26.4 Å². The zero-order chi connectivity index (χ0) is 23.8. The van der Waals surface area contributed by atoms with Gasteiger partial charge >= 0.3 is 12.3 Å². The number of carboxylic acids is 1. The first kappa shape index (κ1) is 22.9. The van der Waals surface area contributed by atoms with Crippen LogP contribution in [0, 0.1) is 0 Å². The van der Waals surface area contributed by atoms with E-state index in [1.165, 1.54) is 24.4 Å². The zero-order valence-electron chi connectivity index (χ0n) is 16.7. The number of carboxylic acid groups (broad SMARTS) is 1. The van der Waals surface area contributed by atoms with E-state index in [4.69, 9.17) is 5.11 Å². The summed E-state index contributed by atoms with van der Waals surface area (Å²) in [5.41, 5.74) is 1.80. The Balaban J connectivity index is 1.60. The molecule has 33 heavy (non-hydrogen) atoms. The first-order chi connectivity index (χ1) is 15.5. The first-order valence-electron chi connectivity index (χ1n) is 9.56. The van der Waals surface area contributed by atoms with E-state index in [2.05, 4.69) is 4.74 Å². The van der Waals surface area contributed by atoms with Gasteiger partial charge in [0.15, 0.2) is 0 Å². The number of hydrogen-bond acceptors (Lipinski definition) is 5. The molecule has 4 aromatic rings. The number of aromatic nitrogens is 1. The van der Waals surface area contributed by atoms with Crippen LogP contribution in [-0.4, -0.2) is 29.8 Å². The topological polar surface area (TPSA) is 85.6 Å². The van der Waals surface area contributed by atoms with Crippen LogP contribution in [0.25, 0.3) is 21.3 Å². The normalized spacial score (nSPS) is 12.2. The summed E-state index contributed by atoms with van der Waals surface area (Å²) >= 11 is 0.996. The molecule has 6 nitrogen and oxygen atoms in total. The van der Waals surface area contributed by atoms with E-state index >= 15 is 0 Å². The Morgan fingerprint density at radius 2 is 1.76 bits per heavy atom. The van der Waals surface area contributed by atoms with Crippen molar-refractivity contribution in [1.82, 2.24) is 3.97 Å². The minimum atomic E-state index is -4.79. The van der Waals surface area contributed by atoms with Crippen molar-refractivity contribution in [2.45, 2.75) is 23.4 Å². The highest BCUT2D eigenvalue weighted by Crippen LogP contribution is 2.34. The number of rotatable bonds is 7. The molecule has 0 saturated carbocycles. The lowest BCUT2D eigenvalue weighted by atomic mass is 10.1. The van der Waals surface area contributed by atoms with E-state index in [1.54, 1.807) is 30.3 Å². The highest BCUT2D eigenvalue weighted by atomic mass is 32.2. The molecule has 0 aliphatic heterocycles. The lowest BCUT2D eigenvalue weighted by molar-refractivity contribution is -0.274. The van der Waals surface area contributed by atoms with Gasteiger partial charge < -0.3 is 9.84 Å². The van der Waals surface area contributed by atoms with E-state index in [0.717, 1.165) is 33.0 Å². The van der Waals surface area contributed by atoms with Gasteiger partial charge in [0.05, 0.1) is 5.52 Å². The van der Waals surface area contributed by atoms with Gasteiger partial charge in [0.25, 0.3) is 10.0 Å². The molecule has 0 bridgehead atoms. The van der Waals surface area contributed by atoms with E-state index in [0.29, 0.717) is 27.8 Å². The van der Waals surface area contributed by atoms with Crippen molar-refractivity contribution in [3.8, 4) is 16.2 Å². The fraction of sp³-hybridized carbons (Fsp3) is 0.136. The Morgan fingerprint density at radius 3 is 2.42 bits per heavy atom. The molecule has 0 unspecified atom stereocenters. The number of aliphatic carboxylic acids is 1. The van der Waals surface area contributed by atoms with Crippen LogP contribution in [0.4, 0.5) is 13.2 Å². The van der Waals surface area contributed by atoms with Gasteiger partial charge in [-0.25, -0.2) is 3.97 Å². The van der Waals surface area contributed by atoms with Crippen molar-refractivity contribution in [3.05, 3.63) is 72.4 Å². The minimum absolute atomic E-state index is 0.0220. The van der Waals surface area contributed by atoms with Crippen LogP contribution in [0.2, 0.25) is 0 Å². The van der Waals surface area contributed by atoms with Gasteiger partial charge in [-0.05, 0) is 72.1 Å². The molecule has 0 spiro atoms. The average Bonchev–Trinajstić information content (AvgIpc) is 3.39. The maximum atomic E-state index is 13.2. The summed E-state index contributed by atoms with van der Waals surface area (Å²) in [6.45, 7) is 0. The second-order valence-corrected chi connectivity index (χ2v) is 10.2. The van der Waals surface area contributed by atoms with Gasteiger partial charge in [-0.1, -0.05) is 6.07 Å². The predicted octanol–water partition coefficient (Wildman–Crippen LogP) is 5.52. The average molecular weight is 496 g/mol. The summed E-state index contributed by atoms with van der Waals surface area (Å²) in [5, 5.41) is 9.50. The van der Waals surface area contributed by atoms with Crippen LogP contribution in [0.1, 0.15) is 12.0 Å². The van der Waals surface area contributed by atoms with Crippen molar-refractivity contribution in [2.24, 2.45) is 0 Å². The maximum absolute atomic E-state index is 13.2. The molecule has 0 fully saturated rings. The van der Waals surface area contributed by atoms with Crippen LogP contribution in [0.5, 0.6) is 5.75 Å². The molecule has 4 rings (SSSR count). The predicted molar refractivity (Wildman–Crippen MR) is 117 cm³/mol. The number of fused-ring (bicyclic) bond motifs is 1. The highest BCUT2D eigenvalue weighted by Gasteiger charge is 2.31. The van der Waals surface area contributed by atoms with Gasteiger partial charge in [-0.2, -0.15) is 8.42 Å². The molecule has 2 heterocycles. The van der Waals surface area contributed by atoms with Crippen LogP contribution in [0.3, 0.4) is 0 Å². The molecule has 0 atom stereocenters. The Hall–Kier alpha value is -3.31. The molecule has 11 heteroatoms. The van der Waals surface area contributed by atoms with Crippen LogP contribution in [0.15, 0.2) is 71.1 Å². The quantitative estimate of drug-likeness (QED) is 0.365. The number of carbonyl (C=O) groups is 1. The largest absolute Gasteiger partial charge is 0.573 e. The van der Waals surface area contributed by atoms with Crippen LogP contribution in [-0.2, 0) is 21.2 Å². The van der Waals surface area contributed by atoms with E-state index in [-0.39, 0.29) is 16.4 Å². The fourth-order valence-electron chi connectivity index (χ4n) is 3.31. The number of thiophene rings is 1. The Bertz CT molecular complexity index is 1420. The third kappa shape index (κ3) is 5.04. The molecular weight excluding hydrogens is 479 g/mol. The van der Waals surface area contributed by atoms with E-state index in [1.807, 2.05) is 0 Å². The molecule has 172 valence electrons. The lowest BCUT2D eigenvalue weighted by Crippen LogP contribution is -2.16. The van der Waals surface area contributed by atoms with Crippen molar-refractivity contribution >= 4 is 38.2 Å². The van der Waals surface area contributed by atoms with Gasteiger partial charge in [0.1, 0.15) is 9.96 Å². The number of ether oxygens (including phenoxy) is 1. The van der Waals surface area contributed by atoms with Crippen LogP contribution < -0.4 is 4.74 Å². The third-order valence-corrected chi connectivity index (χ3v) is 8.11. The molecule has 0 amide bonds. The number of alkyl halides is 3. The van der Waals surface area contributed by atoms with Crippen molar-refractivity contribution in [3.63, 3.8) is 0 Å². The molecule has 0 aliphatic rings. The standard InChI is InChI=1S/C22H16F3NO5S2/c23-22(24,25)31-17-5-3-15(4-6-17)19-8-10-21(32-19)33(29,30)26-12-11-16-13-14(1-7-18(16)26)2-9-20(27)28/h1,3-8,10-13H,2,9H2,(H,27,28). The van der Waals surface area contributed by atoms with Gasteiger partial charge in [0, 0.05) is 22.9 Å². The van der Waals surface area contributed by atoms with Crippen LogP contribution >= 0.6 is 11.3 Å². The third-order valence-electron chi connectivity index (χ3n) is 4.81. The SMILES string of the molecule is O=C(O)CCc1ccc2c(ccn2S(=O)(=O)c2ccc(-c3ccc(OC(F)(F)F)cc3)s2)c1. The first-order valence-corrected chi connectivity index (χ1v) is 11.8. The second-order valence-electron chi connectivity index (χ2n) is 7.09. The summed E-state index contributed by atoms with van der Waals surface area (Å²) < 4.78 is 68.5. The second kappa shape index (κ2) is 8.56. The monoisotopic (exact) mass is 495 g/mol. The van der Waals surface area contributed by atoms with Gasteiger partial charge in [-0.15, -0.1) is 24.5 Å². The summed E-state index contributed by atoms with van der Waals surface area (Å²) in [7, 11) is -3.91. The molecule has 2 aromatic heterocycles. The van der Waals surface area contributed by atoms with E-state index < -0.39 is 22.4 Å². The molecule has 0 aliphatic carbocycles. The van der Waals surface area contributed by atoms with Crippen molar-refractivity contribution in [2.75, 3.05) is 0 Å². The number of hydrogen-bond donors (Lipinski definition) is 1. The number of aryl methyl sites for hydroxylation is 1.